The summed E-state index contributed by atoms with van der Waals surface area (Å²) < 4.78 is 36.4. The zero-order valence-corrected chi connectivity index (χ0v) is 27.9. The molecule has 14 atom stereocenters. The first kappa shape index (κ1) is 33.3. The van der Waals surface area contributed by atoms with Crippen LogP contribution in [0.4, 0.5) is 0 Å². The van der Waals surface area contributed by atoms with E-state index in [2.05, 4.69) is 19.1 Å². The molecule has 4 aliphatic carbocycles. The Hall–Kier alpha value is -1.62. The van der Waals surface area contributed by atoms with Gasteiger partial charge in [0.2, 0.25) is 0 Å². The summed E-state index contributed by atoms with van der Waals surface area (Å²) in [6.07, 6.45) is 9.08. The van der Waals surface area contributed by atoms with Crippen LogP contribution in [0.2, 0.25) is 0 Å². The quantitative estimate of drug-likeness (QED) is 0.327. The van der Waals surface area contributed by atoms with Gasteiger partial charge in [0.05, 0.1) is 24.7 Å². The number of allylic oxidation sites excluding steroid dienone is 4. The Morgan fingerprint density at radius 1 is 0.844 bits per heavy atom. The second kappa shape index (κ2) is 13.9. The molecule has 0 unspecified atom stereocenters. The van der Waals surface area contributed by atoms with Crippen LogP contribution in [0, 0.1) is 41.4 Å². The zero-order valence-electron chi connectivity index (χ0n) is 27.9. The van der Waals surface area contributed by atoms with Gasteiger partial charge in [-0.2, -0.15) is 0 Å². The molecule has 0 amide bonds. The average Bonchev–Trinajstić information content (AvgIpc) is 3.56. The molecule has 0 spiro atoms. The molecule has 6 aliphatic rings. The number of esters is 1. The number of rotatable bonds is 6. The average molecular weight is 631 g/mol. The molecular weight excluding hydrogens is 576 g/mol. The molecular formula is C36H54O9. The Bertz CT molecular complexity index is 1150. The molecule has 9 heteroatoms. The molecule has 0 radical (unpaired) electrons. The lowest BCUT2D eigenvalue weighted by Gasteiger charge is -2.44. The molecule has 2 saturated heterocycles. The fraction of sp³-hybridized carbons (Fsp3) is 0.833. The molecule has 0 aromatic carbocycles. The second-order valence-corrected chi connectivity index (χ2v) is 14.7. The molecule has 0 aromatic rings. The Morgan fingerprint density at radius 2 is 1.56 bits per heavy atom. The maximum Gasteiger partial charge on any atom is 0.306 e. The molecule has 45 heavy (non-hydrogen) atoms. The molecule has 0 bridgehead atoms. The molecule has 2 heterocycles. The normalized spacial score (nSPS) is 46.0. The summed E-state index contributed by atoms with van der Waals surface area (Å²) in [5.74, 6) is 0.217. The Balaban J connectivity index is 1.22. The van der Waals surface area contributed by atoms with E-state index in [1.54, 1.807) is 21.3 Å². The lowest BCUT2D eigenvalue weighted by atomic mass is 9.67. The van der Waals surface area contributed by atoms with E-state index in [1.165, 1.54) is 12.0 Å². The number of aliphatic hydroxyl groups excluding tert-OH is 1. The monoisotopic (exact) mass is 630 g/mol. The van der Waals surface area contributed by atoms with E-state index in [-0.39, 0.29) is 72.4 Å². The summed E-state index contributed by atoms with van der Waals surface area (Å²) in [6.45, 7) is 6.00. The summed E-state index contributed by atoms with van der Waals surface area (Å²) in [5.41, 5.74) is 2.01. The number of ether oxygens (including phenoxy) is 6. The van der Waals surface area contributed by atoms with Crippen molar-refractivity contribution >= 4 is 11.8 Å². The van der Waals surface area contributed by atoms with Crippen LogP contribution in [0.5, 0.6) is 0 Å². The predicted octanol–water partition coefficient (Wildman–Crippen LogP) is 4.79. The standard InChI is InChI=1S/C36H54O9/c1-18-13-24-26(25-15-22(14-23(18)25)44-36-35(42-6)34(41-5)33(40-4)20(3)43-36)16-28-27(24)17-31(38)45-30(21-9-7-10-21)12-8-11-29(37)19(2)32(28)39/h13,16,19-27,29-30,33-37H,7-12,14-15,17H2,1-6H3/t19-,20+,22-,23+,24-,25-,26-,27+,29+,30-,33+,34-,35-,36+/m1/s1. The second-order valence-electron chi connectivity index (χ2n) is 14.7. The topological polar surface area (TPSA) is 110 Å². The van der Waals surface area contributed by atoms with Crippen molar-refractivity contribution in [2.75, 3.05) is 21.3 Å². The zero-order chi connectivity index (χ0) is 32.0. The summed E-state index contributed by atoms with van der Waals surface area (Å²) in [6, 6.07) is 0. The van der Waals surface area contributed by atoms with Gasteiger partial charge in [0.25, 0.3) is 0 Å². The highest BCUT2D eigenvalue weighted by Gasteiger charge is 2.53. The van der Waals surface area contributed by atoms with Crippen LogP contribution in [0.3, 0.4) is 0 Å². The van der Waals surface area contributed by atoms with Crippen LogP contribution in [0.25, 0.3) is 0 Å². The summed E-state index contributed by atoms with van der Waals surface area (Å²) in [4.78, 5) is 27.5. The van der Waals surface area contributed by atoms with Gasteiger partial charge in [-0.15, -0.1) is 0 Å². The Labute approximate surface area is 268 Å². The van der Waals surface area contributed by atoms with Gasteiger partial charge >= 0.3 is 5.97 Å². The maximum atomic E-state index is 14.0. The number of Topliss-reactive ketones (excluding diaryl/α,β-unsaturated/α-hetero) is 1. The Kier molecular flexibility index (Phi) is 10.2. The summed E-state index contributed by atoms with van der Waals surface area (Å²) in [7, 11) is 4.96. The number of ketones is 1. The van der Waals surface area contributed by atoms with E-state index >= 15 is 0 Å². The van der Waals surface area contributed by atoms with Crippen LogP contribution in [-0.2, 0) is 38.0 Å². The minimum absolute atomic E-state index is 0.0231. The van der Waals surface area contributed by atoms with Crippen molar-refractivity contribution in [2.45, 2.75) is 128 Å². The summed E-state index contributed by atoms with van der Waals surface area (Å²) in [5, 5.41) is 11.0. The van der Waals surface area contributed by atoms with Gasteiger partial charge in [0.1, 0.15) is 24.4 Å². The van der Waals surface area contributed by atoms with Gasteiger partial charge in [0, 0.05) is 33.2 Å². The van der Waals surface area contributed by atoms with Crippen molar-refractivity contribution in [3.05, 3.63) is 23.3 Å². The predicted molar refractivity (Wildman–Crippen MR) is 166 cm³/mol. The third-order valence-corrected chi connectivity index (χ3v) is 12.3. The van der Waals surface area contributed by atoms with Crippen LogP contribution < -0.4 is 0 Å². The van der Waals surface area contributed by atoms with Gasteiger partial charge in [-0.05, 0) is 94.0 Å². The Morgan fingerprint density at radius 3 is 2.22 bits per heavy atom. The molecule has 0 aromatic heterocycles. The van der Waals surface area contributed by atoms with Crippen molar-refractivity contribution in [3.63, 3.8) is 0 Å². The van der Waals surface area contributed by atoms with E-state index < -0.39 is 24.4 Å². The van der Waals surface area contributed by atoms with Crippen LogP contribution >= 0.6 is 0 Å². The van der Waals surface area contributed by atoms with Crippen LogP contribution in [0.15, 0.2) is 23.3 Å². The smallest absolute Gasteiger partial charge is 0.306 e. The minimum Gasteiger partial charge on any atom is -0.462 e. The number of carbonyl (C=O) groups excluding carboxylic acids is 2. The van der Waals surface area contributed by atoms with Gasteiger partial charge in [0.15, 0.2) is 12.1 Å². The number of methoxy groups -OCH3 is 3. The van der Waals surface area contributed by atoms with E-state index in [4.69, 9.17) is 28.4 Å². The molecule has 2 saturated carbocycles. The van der Waals surface area contributed by atoms with Gasteiger partial charge in [-0.1, -0.05) is 31.1 Å². The number of hydrogen-bond acceptors (Lipinski definition) is 9. The van der Waals surface area contributed by atoms with Gasteiger partial charge in [-0.25, -0.2) is 0 Å². The summed E-state index contributed by atoms with van der Waals surface area (Å²) >= 11 is 0. The first-order valence-electron chi connectivity index (χ1n) is 17.4. The number of aliphatic hydroxyl groups is 1. The molecule has 1 N–H and O–H groups in total. The van der Waals surface area contributed by atoms with E-state index in [9.17, 15) is 14.7 Å². The van der Waals surface area contributed by atoms with Crippen LogP contribution in [0.1, 0.15) is 78.6 Å². The number of hydrogen-bond donors (Lipinski definition) is 1. The number of fused-ring (bicyclic) bond motifs is 5. The minimum atomic E-state index is -0.701. The largest absolute Gasteiger partial charge is 0.462 e. The third kappa shape index (κ3) is 6.34. The van der Waals surface area contributed by atoms with Crippen molar-refractivity contribution in [1.82, 2.24) is 0 Å². The number of cyclic esters (lactones) is 1. The molecule has 9 nitrogen and oxygen atoms in total. The molecule has 6 rings (SSSR count). The van der Waals surface area contributed by atoms with Crippen molar-refractivity contribution < 1.29 is 43.1 Å². The third-order valence-electron chi connectivity index (χ3n) is 12.3. The fourth-order valence-electron chi connectivity index (χ4n) is 9.50. The maximum absolute atomic E-state index is 14.0. The molecule has 252 valence electrons. The lowest BCUT2D eigenvalue weighted by Crippen LogP contribution is -2.59. The highest BCUT2D eigenvalue weighted by molar-refractivity contribution is 5.99. The lowest BCUT2D eigenvalue weighted by molar-refractivity contribution is -0.314. The first-order valence-corrected chi connectivity index (χ1v) is 17.4. The van der Waals surface area contributed by atoms with Crippen molar-refractivity contribution in [3.8, 4) is 0 Å². The van der Waals surface area contributed by atoms with Crippen molar-refractivity contribution in [2.24, 2.45) is 41.4 Å². The van der Waals surface area contributed by atoms with Gasteiger partial charge in [-0.3, -0.25) is 9.59 Å². The van der Waals surface area contributed by atoms with Crippen molar-refractivity contribution in [1.29, 1.82) is 0 Å². The fourth-order valence-corrected chi connectivity index (χ4v) is 9.50. The SMILES string of the molecule is CO[C@@H]1[C@@H](OC)[C@H](C)O[C@@H](O[C@H]2C[C@H]3[C@@H]4C=C5C(=O)[C@H](C)[C@@H](O)CCC[C@H](C6CCC6)OC(=O)C[C@H]5[C@@H]4C=C(C)[C@@H]3C2)[C@@H]1OC. The molecule has 2 aliphatic heterocycles. The highest BCUT2D eigenvalue weighted by Crippen LogP contribution is 2.56. The van der Waals surface area contributed by atoms with E-state index in [1.807, 2.05) is 13.8 Å². The first-order chi connectivity index (χ1) is 21.6. The number of carbonyl (C=O) groups is 2. The highest BCUT2D eigenvalue weighted by atomic mass is 16.7. The van der Waals surface area contributed by atoms with Gasteiger partial charge < -0.3 is 33.5 Å². The molecule has 4 fully saturated rings. The van der Waals surface area contributed by atoms with Crippen LogP contribution in [-0.4, -0.2) is 87.2 Å². The van der Waals surface area contributed by atoms with E-state index in [0.717, 1.165) is 38.5 Å². The van der Waals surface area contributed by atoms with E-state index in [0.29, 0.717) is 23.8 Å².